The minimum Gasteiger partial charge on any atom is -0.469 e. The predicted molar refractivity (Wildman–Crippen MR) is 108 cm³/mol. The molecule has 0 aliphatic heterocycles. The Hall–Kier alpha value is -1.98. The number of halogens is 3. The lowest BCUT2D eigenvalue weighted by atomic mass is 9.71. The summed E-state index contributed by atoms with van der Waals surface area (Å²) in [5.41, 5.74) is -1.17. The summed E-state index contributed by atoms with van der Waals surface area (Å²) in [6.07, 6.45) is -3.72. The van der Waals surface area contributed by atoms with Crippen molar-refractivity contribution in [2.45, 2.75) is 48.8 Å². The summed E-state index contributed by atoms with van der Waals surface area (Å²) < 4.78 is 84.1. The fourth-order valence-electron chi connectivity index (χ4n) is 3.81. The molecule has 1 aromatic heterocycles. The van der Waals surface area contributed by atoms with Crippen LogP contribution in [0, 0.1) is 12.3 Å². The molecule has 31 heavy (non-hydrogen) atoms. The molecule has 0 radical (unpaired) electrons. The number of methoxy groups -OCH3 is 1. The van der Waals surface area contributed by atoms with Gasteiger partial charge in [-0.15, -0.1) is 0 Å². The standard InChI is InChI=1S/C19H20ClF2NO6S2/c1-12-3-5-13(6-4-12)31(27,28)23-11-16(30(20,25)26)14-7-8-19(18(21)22,9-15(14)23)10-17(24)29-2/h3-6,11,18H,7-10H2,1-2H3. The number of benzene rings is 1. The van der Waals surface area contributed by atoms with E-state index in [1.54, 1.807) is 19.1 Å². The Balaban J connectivity index is 2.23. The van der Waals surface area contributed by atoms with E-state index in [0.717, 1.165) is 18.9 Å². The number of nitrogens with zero attached hydrogens (tertiary/aromatic N) is 1. The van der Waals surface area contributed by atoms with Gasteiger partial charge in [0.15, 0.2) is 0 Å². The second kappa shape index (κ2) is 8.18. The van der Waals surface area contributed by atoms with Crippen molar-refractivity contribution in [1.82, 2.24) is 3.97 Å². The number of hydrogen-bond acceptors (Lipinski definition) is 6. The van der Waals surface area contributed by atoms with Gasteiger partial charge in [-0.2, -0.15) is 0 Å². The number of carbonyl (C=O) groups is 1. The minimum absolute atomic E-state index is 0.0619. The van der Waals surface area contributed by atoms with Crippen LogP contribution in [0.25, 0.3) is 0 Å². The molecule has 7 nitrogen and oxygen atoms in total. The van der Waals surface area contributed by atoms with Gasteiger partial charge in [0.05, 0.1) is 18.4 Å². The Bertz CT molecular complexity index is 1220. The van der Waals surface area contributed by atoms with Gasteiger partial charge in [0.25, 0.3) is 19.1 Å². The molecule has 1 aromatic carbocycles. The zero-order valence-electron chi connectivity index (χ0n) is 16.6. The van der Waals surface area contributed by atoms with Crippen molar-refractivity contribution in [2.24, 2.45) is 5.41 Å². The summed E-state index contributed by atoms with van der Waals surface area (Å²) in [6, 6.07) is 5.79. The second-order valence-electron chi connectivity index (χ2n) is 7.56. The molecule has 0 saturated carbocycles. The van der Waals surface area contributed by atoms with Gasteiger partial charge in [-0.25, -0.2) is 29.6 Å². The lowest BCUT2D eigenvalue weighted by Crippen LogP contribution is -2.39. The Morgan fingerprint density at radius 2 is 1.84 bits per heavy atom. The van der Waals surface area contributed by atoms with E-state index in [0.29, 0.717) is 3.97 Å². The molecule has 0 bridgehead atoms. The maximum Gasteiger partial charge on any atom is 0.306 e. The average Bonchev–Trinajstić information content (AvgIpc) is 3.07. The topological polar surface area (TPSA) is 99.5 Å². The molecular weight excluding hydrogens is 476 g/mol. The first-order chi connectivity index (χ1) is 14.3. The minimum atomic E-state index is -4.35. The molecule has 1 aliphatic carbocycles. The molecular formula is C19H20ClF2NO6S2. The van der Waals surface area contributed by atoms with E-state index in [4.69, 9.17) is 10.7 Å². The fraction of sp³-hybridized carbons (Fsp3) is 0.421. The highest BCUT2D eigenvalue weighted by Crippen LogP contribution is 2.46. The van der Waals surface area contributed by atoms with Gasteiger partial charge < -0.3 is 4.74 Å². The van der Waals surface area contributed by atoms with Crippen LogP contribution in [0.1, 0.15) is 29.7 Å². The molecule has 0 amide bonds. The number of aromatic nitrogens is 1. The Kier molecular flexibility index (Phi) is 6.25. The van der Waals surface area contributed by atoms with Crippen LogP contribution in [-0.2, 0) is 41.4 Å². The summed E-state index contributed by atoms with van der Waals surface area (Å²) in [5.74, 6) is -0.867. The normalized spacial score (nSPS) is 19.3. The van der Waals surface area contributed by atoms with Crippen molar-refractivity contribution in [3.63, 3.8) is 0 Å². The number of alkyl halides is 2. The Morgan fingerprint density at radius 3 is 2.35 bits per heavy atom. The predicted octanol–water partition coefficient (Wildman–Crippen LogP) is 3.26. The van der Waals surface area contributed by atoms with Crippen LogP contribution in [0.5, 0.6) is 0 Å². The first kappa shape index (κ1) is 23.7. The number of carbonyl (C=O) groups excluding carboxylic acids is 1. The SMILES string of the molecule is COC(=O)CC1(C(F)F)CCc2c(S(=O)(=O)Cl)cn(S(=O)(=O)c3ccc(C)cc3)c2C1. The van der Waals surface area contributed by atoms with Gasteiger partial charge in [-0.05, 0) is 37.5 Å². The number of hydrogen-bond donors (Lipinski definition) is 0. The molecule has 170 valence electrons. The number of ether oxygens (including phenoxy) is 1. The van der Waals surface area contributed by atoms with Crippen LogP contribution in [0.3, 0.4) is 0 Å². The highest BCUT2D eigenvalue weighted by atomic mass is 35.7. The molecule has 2 aromatic rings. The molecule has 1 unspecified atom stereocenters. The third kappa shape index (κ3) is 4.35. The number of rotatable bonds is 6. The van der Waals surface area contributed by atoms with Crippen LogP contribution < -0.4 is 0 Å². The van der Waals surface area contributed by atoms with Gasteiger partial charge in [-0.1, -0.05) is 17.7 Å². The first-order valence-electron chi connectivity index (χ1n) is 9.17. The highest BCUT2D eigenvalue weighted by molar-refractivity contribution is 8.13. The lowest BCUT2D eigenvalue weighted by molar-refractivity contribution is -0.147. The highest BCUT2D eigenvalue weighted by Gasteiger charge is 2.48. The number of aryl methyl sites for hydroxylation is 1. The molecule has 0 saturated heterocycles. The van der Waals surface area contributed by atoms with Gasteiger partial charge in [-0.3, -0.25) is 4.79 Å². The van der Waals surface area contributed by atoms with Gasteiger partial charge in [0.2, 0.25) is 6.43 Å². The fourth-order valence-corrected chi connectivity index (χ4v) is 6.44. The van der Waals surface area contributed by atoms with Crippen molar-refractivity contribution in [1.29, 1.82) is 0 Å². The van der Waals surface area contributed by atoms with Crippen molar-refractivity contribution in [3.05, 3.63) is 47.3 Å². The van der Waals surface area contributed by atoms with Crippen LogP contribution in [-0.4, -0.2) is 40.3 Å². The third-order valence-electron chi connectivity index (χ3n) is 5.57. The molecule has 0 fully saturated rings. The van der Waals surface area contributed by atoms with Crippen molar-refractivity contribution in [2.75, 3.05) is 7.11 Å². The lowest BCUT2D eigenvalue weighted by Gasteiger charge is -2.36. The van der Waals surface area contributed by atoms with Crippen molar-refractivity contribution < 1.29 is 35.1 Å². The maximum atomic E-state index is 14.1. The third-order valence-corrected chi connectivity index (χ3v) is 8.65. The summed E-state index contributed by atoms with van der Waals surface area (Å²) >= 11 is 0. The van der Waals surface area contributed by atoms with E-state index in [9.17, 15) is 30.4 Å². The summed E-state index contributed by atoms with van der Waals surface area (Å²) in [7, 11) is -2.09. The smallest absolute Gasteiger partial charge is 0.306 e. The van der Waals surface area contributed by atoms with Crippen LogP contribution in [0.15, 0.2) is 40.3 Å². The molecule has 3 rings (SSSR count). The first-order valence-corrected chi connectivity index (χ1v) is 12.9. The molecule has 1 atom stereocenters. The monoisotopic (exact) mass is 495 g/mol. The zero-order chi connectivity index (χ0) is 23.2. The van der Waals surface area contributed by atoms with Gasteiger partial charge in [0, 0.05) is 34.4 Å². The van der Waals surface area contributed by atoms with Crippen LogP contribution in [0.4, 0.5) is 8.78 Å². The molecule has 0 spiro atoms. The summed E-state index contributed by atoms with van der Waals surface area (Å²) in [4.78, 5) is 11.2. The van der Waals surface area contributed by atoms with Crippen molar-refractivity contribution in [3.8, 4) is 0 Å². The van der Waals surface area contributed by atoms with Crippen LogP contribution in [0.2, 0.25) is 0 Å². The molecule has 0 N–H and O–H groups in total. The number of esters is 1. The van der Waals surface area contributed by atoms with E-state index >= 15 is 0 Å². The zero-order valence-corrected chi connectivity index (χ0v) is 19.0. The molecule has 1 heterocycles. The maximum absolute atomic E-state index is 14.1. The van der Waals surface area contributed by atoms with Crippen molar-refractivity contribution >= 4 is 35.7 Å². The Labute approximate surface area is 183 Å². The van der Waals surface area contributed by atoms with E-state index in [-0.39, 0.29) is 29.0 Å². The average molecular weight is 496 g/mol. The molecule has 1 aliphatic rings. The van der Waals surface area contributed by atoms with Crippen LogP contribution >= 0.6 is 10.7 Å². The van der Waals surface area contributed by atoms with E-state index in [1.807, 2.05) is 0 Å². The second-order valence-corrected chi connectivity index (χ2v) is 11.9. The quantitative estimate of drug-likeness (QED) is 0.450. The molecule has 12 heteroatoms. The van der Waals surface area contributed by atoms with E-state index in [2.05, 4.69) is 4.74 Å². The van der Waals surface area contributed by atoms with E-state index in [1.165, 1.54) is 12.1 Å². The Morgan fingerprint density at radius 1 is 1.23 bits per heavy atom. The van der Waals surface area contributed by atoms with Gasteiger partial charge in [0.1, 0.15) is 4.90 Å². The van der Waals surface area contributed by atoms with E-state index < -0.39 is 54.6 Å². The largest absolute Gasteiger partial charge is 0.469 e. The number of fused-ring (bicyclic) bond motifs is 1. The summed E-state index contributed by atoms with van der Waals surface area (Å²) in [6.45, 7) is 1.76. The summed E-state index contributed by atoms with van der Waals surface area (Å²) in [5, 5.41) is 0. The van der Waals surface area contributed by atoms with Gasteiger partial charge >= 0.3 is 5.97 Å².